The van der Waals surface area contributed by atoms with E-state index in [1.165, 1.54) is 12.3 Å². The molecule has 0 rings (SSSR count). The molecule has 0 saturated carbocycles. The molecule has 0 aromatic heterocycles. The summed E-state index contributed by atoms with van der Waals surface area (Å²) in [6.45, 7) is 6.44. The SMILES string of the molecule is CC[C-](C)C.P.[W].[Y]. The fourth-order valence-corrected chi connectivity index (χ4v) is 0. The van der Waals surface area contributed by atoms with Gasteiger partial charge in [-0.1, -0.05) is 6.92 Å². The van der Waals surface area contributed by atoms with E-state index in [0.29, 0.717) is 0 Å². The molecule has 0 aromatic rings. The monoisotopic (exact) mass is 378 g/mol. The Hall–Kier alpha value is 2.22. The zero-order valence-electron chi connectivity index (χ0n) is 5.90. The van der Waals surface area contributed by atoms with E-state index in [1.807, 2.05) is 0 Å². The van der Waals surface area contributed by atoms with E-state index >= 15 is 0 Å². The van der Waals surface area contributed by atoms with E-state index in [4.69, 9.17) is 0 Å². The molecular weight excluding hydrogens is 364 g/mol. The number of rotatable bonds is 1. The summed E-state index contributed by atoms with van der Waals surface area (Å²) >= 11 is 0. The second-order valence-electron chi connectivity index (χ2n) is 1.56. The van der Waals surface area contributed by atoms with E-state index < -0.39 is 0 Å². The third kappa shape index (κ3) is 24.1. The van der Waals surface area contributed by atoms with Crippen molar-refractivity contribution in [3.8, 4) is 0 Å². The predicted octanol–water partition coefficient (Wildman–Crippen LogP) is 2.06. The van der Waals surface area contributed by atoms with Crippen molar-refractivity contribution < 1.29 is 53.8 Å². The first-order valence-electron chi connectivity index (χ1n) is 2.06. The molecule has 0 bridgehead atoms. The van der Waals surface area contributed by atoms with Crippen LogP contribution >= 0.6 is 9.90 Å². The number of hydrogen-bond donors (Lipinski definition) is 0. The van der Waals surface area contributed by atoms with Gasteiger partial charge in [-0.25, -0.2) is 0 Å². The predicted molar refractivity (Wildman–Crippen MR) is 36.0 cm³/mol. The van der Waals surface area contributed by atoms with Gasteiger partial charge >= 0.3 is 0 Å². The third-order valence-corrected chi connectivity index (χ3v) is 0.707. The van der Waals surface area contributed by atoms with Gasteiger partial charge in [0.25, 0.3) is 0 Å². The molecule has 0 heterocycles. The Morgan fingerprint density at radius 2 is 1.38 bits per heavy atom. The van der Waals surface area contributed by atoms with Crippen LogP contribution in [0.2, 0.25) is 0 Å². The minimum absolute atomic E-state index is 0. The molecule has 0 aliphatic heterocycles. The summed E-state index contributed by atoms with van der Waals surface area (Å²) in [5.41, 5.74) is 0. The summed E-state index contributed by atoms with van der Waals surface area (Å²) in [5.74, 6) is 1.50. The second-order valence-corrected chi connectivity index (χ2v) is 1.56. The van der Waals surface area contributed by atoms with Gasteiger partial charge in [0.05, 0.1) is 0 Å². The maximum atomic E-state index is 2.16. The van der Waals surface area contributed by atoms with Crippen molar-refractivity contribution >= 4 is 9.90 Å². The normalized spacial score (nSPS) is 6.00. The Labute approximate surface area is 95.7 Å². The molecule has 0 N–H and O–H groups in total. The fourth-order valence-electron chi connectivity index (χ4n) is 0. The summed E-state index contributed by atoms with van der Waals surface area (Å²) in [6.07, 6.45) is 1.22. The Balaban J connectivity index is -0.0000000267. The molecule has 3 heteroatoms. The minimum Gasteiger partial charge on any atom is -0.320 e. The van der Waals surface area contributed by atoms with E-state index in [9.17, 15) is 0 Å². The van der Waals surface area contributed by atoms with Crippen molar-refractivity contribution in [1.29, 1.82) is 0 Å². The molecule has 0 saturated heterocycles. The maximum absolute atomic E-state index is 2.16. The Kier molecular flexibility index (Phi) is 45.2. The molecule has 8 heavy (non-hydrogen) atoms. The van der Waals surface area contributed by atoms with Crippen LogP contribution < -0.4 is 0 Å². The van der Waals surface area contributed by atoms with Crippen LogP contribution in [0.5, 0.6) is 0 Å². The maximum Gasteiger partial charge on any atom is 0 e. The zero-order valence-corrected chi connectivity index (χ0v) is 13.1. The van der Waals surface area contributed by atoms with Gasteiger partial charge in [0.15, 0.2) is 0 Å². The Bertz CT molecular complexity index is 26.4. The van der Waals surface area contributed by atoms with Gasteiger partial charge in [-0.15, -0.1) is 0 Å². The summed E-state index contributed by atoms with van der Waals surface area (Å²) in [6, 6.07) is 0. The van der Waals surface area contributed by atoms with E-state index in [2.05, 4.69) is 20.8 Å². The minimum atomic E-state index is 0. The van der Waals surface area contributed by atoms with Crippen LogP contribution in [0.3, 0.4) is 0 Å². The molecule has 0 aromatic carbocycles. The van der Waals surface area contributed by atoms with Gasteiger partial charge in [0, 0.05) is 53.8 Å². The average molecular weight is 378 g/mol. The fraction of sp³-hybridized carbons (Fsp3) is 0.800. The molecule has 0 fully saturated rings. The molecule has 0 spiro atoms. The van der Waals surface area contributed by atoms with Gasteiger partial charge in [-0.2, -0.15) is 30.2 Å². The summed E-state index contributed by atoms with van der Waals surface area (Å²) in [5, 5.41) is 0. The van der Waals surface area contributed by atoms with Crippen LogP contribution in [0.15, 0.2) is 0 Å². The van der Waals surface area contributed by atoms with E-state index in [0.717, 1.165) is 0 Å². The van der Waals surface area contributed by atoms with Crippen LogP contribution in [0, 0.1) is 5.92 Å². The molecule has 0 nitrogen and oxygen atoms in total. The summed E-state index contributed by atoms with van der Waals surface area (Å²) < 4.78 is 0. The van der Waals surface area contributed by atoms with Crippen LogP contribution in [0.4, 0.5) is 0 Å². The first-order valence-corrected chi connectivity index (χ1v) is 2.06. The third-order valence-electron chi connectivity index (χ3n) is 0.707. The zero-order chi connectivity index (χ0) is 4.28. The van der Waals surface area contributed by atoms with Gasteiger partial charge < -0.3 is 5.92 Å². The Morgan fingerprint density at radius 3 is 1.38 bits per heavy atom. The van der Waals surface area contributed by atoms with E-state index in [-0.39, 0.29) is 63.7 Å². The quantitative estimate of drug-likeness (QED) is 0.485. The summed E-state index contributed by atoms with van der Waals surface area (Å²) in [7, 11) is 0. The van der Waals surface area contributed by atoms with Crippen LogP contribution in [0.1, 0.15) is 27.2 Å². The molecule has 0 aliphatic rings. The first kappa shape index (κ1) is 22.5. The van der Waals surface area contributed by atoms with Gasteiger partial charge in [0.2, 0.25) is 0 Å². The topological polar surface area (TPSA) is 0 Å². The van der Waals surface area contributed by atoms with Crippen LogP contribution in [-0.4, -0.2) is 0 Å². The molecular formula is C5H14PWY-. The molecule has 1 radical (unpaired) electrons. The molecule has 1 unspecified atom stereocenters. The molecule has 1 atom stereocenters. The van der Waals surface area contributed by atoms with Gasteiger partial charge in [0.1, 0.15) is 0 Å². The smallest absolute Gasteiger partial charge is 0 e. The van der Waals surface area contributed by atoms with E-state index in [1.54, 1.807) is 0 Å². The van der Waals surface area contributed by atoms with Crippen molar-refractivity contribution in [3.63, 3.8) is 0 Å². The van der Waals surface area contributed by atoms with Crippen molar-refractivity contribution in [2.24, 2.45) is 0 Å². The largest absolute Gasteiger partial charge is 0.320 e. The van der Waals surface area contributed by atoms with Gasteiger partial charge in [-0.3, -0.25) is 0 Å². The summed E-state index contributed by atoms with van der Waals surface area (Å²) in [4.78, 5) is 0. The van der Waals surface area contributed by atoms with Crippen molar-refractivity contribution in [2.45, 2.75) is 27.2 Å². The average Bonchev–Trinajstić information content (AvgIpc) is 1.38. The van der Waals surface area contributed by atoms with Crippen molar-refractivity contribution in [2.75, 3.05) is 0 Å². The molecule has 49 valence electrons. The first-order chi connectivity index (χ1) is 2.27. The van der Waals surface area contributed by atoms with Crippen molar-refractivity contribution in [3.05, 3.63) is 5.92 Å². The standard InChI is InChI=1S/C5H11.H3P.W.Y/c1-4-5(2)3;;;/h4H2,1-3H3;1H3;;/q-1;;;. The van der Waals surface area contributed by atoms with Gasteiger partial charge in [-0.05, 0) is 0 Å². The molecule has 0 aliphatic carbocycles. The van der Waals surface area contributed by atoms with Crippen molar-refractivity contribution in [1.82, 2.24) is 0 Å². The second kappa shape index (κ2) is 16.1. The van der Waals surface area contributed by atoms with Crippen LogP contribution in [-0.2, 0) is 53.8 Å². The number of hydrogen-bond acceptors (Lipinski definition) is 0. The molecule has 0 amide bonds. The Morgan fingerprint density at radius 1 is 1.25 bits per heavy atom. The van der Waals surface area contributed by atoms with Crippen LogP contribution in [0.25, 0.3) is 0 Å².